The van der Waals surface area contributed by atoms with E-state index in [9.17, 15) is 44.7 Å². The molecule has 0 aliphatic rings. The van der Waals surface area contributed by atoms with Gasteiger partial charge in [-0.1, -0.05) is 0 Å². The Morgan fingerprint density at radius 2 is 1.70 bits per heavy atom. The van der Waals surface area contributed by atoms with Crippen molar-refractivity contribution in [1.29, 1.82) is 0 Å². The number of pyridine rings is 1. The third-order valence-electron chi connectivity index (χ3n) is 5.83. The molecule has 0 saturated carbocycles. The van der Waals surface area contributed by atoms with Crippen LogP contribution in [0.5, 0.6) is 0 Å². The quantitative estimate of drug-likeness (QED) is 0.303. The Morgan fingerprint density at radius 3 is 2.33 bits per heavy atom. The Balaban J connectivity index is 1.51. The molecule has 0 fully saturated rings. The zero-order valence-electron chi connectivity index (χ0n) is 20.2. The first kappa shape index (κ1) is 28.6. The molecule has 3 heterocycles. The van der Waals surface area contributed by atoms with Crippen molar-refractivity contribution in [3.05, 3.63) is 80.6 Å². The molecule has 4 rings (SSSR count). The lowest BCUT2D eigenvalue weighted by molar-refractivity contribution is -0.139. The van der Waals surface area contributed by atoms with Crippen LogP contribution < -0.4 is 16.4 Å². The third kappa shape index (κ3) is 6.10. The highest BCUT2D eigenvalue weighted by molar-refractivity contribution is 5.86. The first-order valence-electron chi connectivity index (χ1n) is 11.4. The van der Waals surface area contributed by atoms with E-state index >= 15 is 0 Å². The number of hydrogen-bond donors (Lipinski definition) is 2. The standard InChI is InChI=1S/C24H18F8N6O2/c1-11(36-18-9-35-37-21(39)19(18)24(30,31)32)4-14(25)10-38-3-2-12-5-16(17(26)6-15(12)22(38)40)20-33-7-13(8-34-20)23(27,28)29/h2-3,5-9,11,14H,4,10H2,1H3,(H2,36,37,39)/t11-,14-/m0/s1. The van der Waals surface area contributed by atoms with Gasteiger partial charge < -0.3 is 9.88 Å². The van der Waals surface area contributed by atoms with E-state index in [0.29, 0.717) is 12.4 Å². The van der Waals surface area contributed by atoms with Crippen molar-refractivity contribution in [2.75, 3.05) is 5.32 Å². The lowest BCUT2D eigenvalue weighted by atomic mass is 10.1. The van der Waals surface area contributed by atoms with Crippen molar-refractivity contribution in [1.82, 2.24) is 24.7 Å². The van der Waals surface area contributed by atoms with Crippen LogP contribution in [0.1, 0.15) is 24.5 Å². The number of anilines is 1. The lowest BCUT2D eigenvalue weighted by Crippen LogP contribution is -2.30. The van der Waals surface area contributed by atoms with E-state index in [1.807, 2.05) is 0 Å². The summed E-state index contributed by atoms with van der Waals surface area (Å²) in [5, 5.41) is 7.45. The second-order valence-corrected chi connectivity index (χ2v) is 8.85. The maximum absolute atomic E-state index is 14.8. The van der Waals surface area contributed by atoms with E-state index in [4.69, 9.17) is 0 Å². The van der Waals surface area contributed by atoms with Crippen molar-refractivity contribution in [2.24, 2.45) is 0 Å². The van der Waals surface area contributed by atoms with E-state index in [-0.39, 0.29) is 28.6 Å². The SMILES string of the molecule is C[C@@H](C[C@H](F)Cn1ccc2cc(-c3ncc(C(F)(F)F)cn3)c(F)cc2c1=O)Nc1cn[nH]c(=O)c1C(F)(F)F. The lowest BCUT2D eigenvalue weighted by Gasteiger charge is -2.20. The summed E-state index contributed by atoms with van der Waals surface area (Å²) < 4.78 is 108. The van der Waals surface area contributed by atoms with Gasteiger partial charge in [0.05, 0.1) is 34.9 Å². The van der Waals surface area contributed by atoms with Crippen LogP contribution in [0.4, 0.5) is 40.8 Å². The number of aromatic amines is 1. The van der Waals surface area contributed by atoms with Crippen molar-refractivity contribution < 1.29 is 35.1 Å². The Hall–Kier alpha value is -4.37. The minimum Gasteiger partial charge on any atom is -0.381 e. The monoisotopic (exact) mass is 574 g/mol. The summed E-state index contributed by atoms with van der Waals surface area (Å²) in [6.45, 7) is 0.850. The van der Waals surface area contributed by atoms with Gasteiger partial charge in [0.25, 0.3) is 11.1 Å². The molecule has 0 amide bonds. The van der Waals surface area contributed by atoms with Crippen LogP contribution >= 0.6 is 0 Å². The molecule has 3 aromatic heterocycles. The highest BCUT2D eigenvalue weighted by Crippen LogP contribution is 2.32. The maximum atomic E-state index is 14.8. The molecule has 0 unspecified atom stereocenters. The van der Waals surface area contributed by atoms with E-state index in [1.54, 1.807) is 5.10 Å². The number of hydrogen-bond acceptors (Lipinski definition) is 6. The van der Waals surface area contributed by atoms with Gasteiger partial charge in [-0.05, 0) is 30.5 Å². The topological polar surface area (TPSA) is 106 Å². The highest BCUT2D eigenvalue weighted by atomic mass is 19.4. The van der Waals surface area contributed by atoms with Crippen LogP contribution in [0.15, 0.2) is 52.6 Å². The molecule has 0 saturated heterocycles. The normalized spacial score (nSPS) is 13.8. The minimum absolute atomic E-state index is 0.154. The number of H-pyrrole nitrogens is 1. The predicted octanol–water partition coefficient (Wildman–Crippen LogP) is 4.95. The Labute approximate surface area is 218 Å². The molecule has 0 aliphatic heterocycles. The number of benzene rings is 1. The summed E-state index contributed by atoms with van der Waals surface area (Å²) >= 11 is 0. The first-order valence-corrected chi connectivity index (χ1v) is 11.4. The zero-order valence-corrected chi connectivity index (χ0v) is 20.2. The number of nitrogens with one attached hydrogen (secondary N) is 2. The van der Waals surface area contributed by atoms with E-state index in [2.05, 4.69) is 20.4 Å². The van der Waals surface area contributed by atoms with Gasteiger partial charge in [-0.25, -0.2) is 23.8 Å². The molecule has 4 aromatic rings. The summed E-state index contributed by atoms with van der Waals surface area (Å²) in [4.78, 5) is 31.6. The molecular weight excluding hydrogens is 556 g/mol. The van der Waals surface area contributed by atoms with Gasteiger partial charge in [-0.2, -0.15) is 31.4 Å². The van der Waals surface area contributed by atoms with Crippen LogP contribution in [0.2, 0.25) is 0 Å². The molecule has 0 bridgehead atoms. The molecule has 2 N–H and O–H groups in total. The van der Waals surface area contributed by atoms with Crippen LogP contribution in [0, 0.1) is 5.82 Å². The third-order valence-corrected chi connectivity index (χ3v) is 5.83. The van der Waals surface area contributed by atoms with E-state index in [1.165, 1.54) is 25.3 Å². The van der Waals surface area contributed by atoms with Crippen LogP contribution in [-0.4, -0.2) is 36.9 Å². The number of aromatic nitrogens is 5. The Bertz CT molecular complexity index is 1650. The van der Waals surface area contributed by atoms with Crippen LogP contribution in [0.3, 0.4) is 0 Å². The molecule has 8 nitrogen and oxygen atoms in total. The minimum atomic E-state index is -4.99. The van der Waals surface area contributed by atoms with E-state index < -0.39 is 64.9 Å². The van der Waals surface area contributed by atoms with Gasteiger partial charge in [-0.15, -0.1) is 0 Å². The maximum Gasteiger partial charge on any atom is 0.423 e. The van der Waals surface area contributed by atoms with Gasteiger partial charge >= 0.3 is 12.4 Å². The molecule has 40 heavy (non-hydrogen) atoms. The van der Waals surface area contributed by atoms with Crippen molar-refractivity contribution in [3.63, 3.8) is 0 Å². The fourth-order valence-electron chi connectivity index (χ4n) is 4.02. The summed E-state index contributed by atoms with van der Waals surface area (Å²) in [6, 6.07) is 2.45. The number of fused-ring (bicyclic) bond motifs is 1. The van der Waals surface area contributed by atoms with Crippen molar-refractivity contribution in [3.8, 4) is 11.4 Å². The first-order chi connectivity index (χ1) is 18.6. The molecule has 2 atom stereocenters. The summed E-state index contributed by atoms with van der Waals surface area (Å²) in [5.74, 6) is -1.34. The summed E-state index contributed by atoms with van der Waals surface area (Å²) in [7, 11) is 0. The number of rotatable bonds is 7. The van der Waals surface area contributed by atoms with Crippen molar-refractivity contribution in [2.45, 2.75) is 44.5 Å². The number of alkyl halides is 7. The number of halogens is 8. The van der Waals surface area contributed by atoms with Crippen LogP contribution in [0.25, 0.3) is 22.2 Å². The average Bonchev–Trinajstić information content (AvgIpc) is 2.84. The largest absolute Gasteiger partial charge is 0.423 e. The van der Waals surface area contributed by atoms with Crippen molar-refractivity contribution >= 4 is 16.5 Å². The number of nitrogens with zero attached hydrogens (tertiary/aromatic N) is 4. The molecule has 0 spiro atoms. The molecule has 0 radical (unpaired) electrons. The highest BCUT2D eigenvalue weighted by Gasteiger charge is 2.37. The molecule has 16 heteroatoms. The Kier molecular flexibility index (Phi) is 7.63. The fourth-order valence-corrected chi connectivity index (χ4v) is 4.02. The van der Waals surface area contributed by atoms with E-state index in [0.717, 1.165) is 16.8 Å². The second kappa shape index (κ2) is 10.7. The average molecular weight is 574 g/mol. The smallest absolute Gasteiger partial charge is 0.381 e. The molecule has 0 aliphatic carbocycles. The zero-order chi connectivity index (χ0) is 29.4. The summed E-state index contributed by atoms with van der Waals surface area (Å²) in [5.41, 5.74) is -5.78. The fraction of sp³-hybridized carbons (Fsp3) is 0.292. The Morgan fingerprint density at radius 1 is 1.02 bits per heavy atom. The van der Waals surface area contributed by atoms with Gasteiger partial charge in [0.2, 0.25) is 0 Å². The molecular formula is C24H18F8N6O2. The predicted molar refractivity (Wildman–Crippen MR) is 127 cm³/mol. The van der Waals surface area contributed by atoms with Gasteiger partial charge in [-0.3, -0.25) is 9.59 Å². The van der Waals surface area contributed by atoms with Crippen LogP contribution in [-0.2, 0) is 18.9 Å². The van der Waals surface area contributed by atoms with Gasteiger partial charge in [0.15, 0.2) is 5.82 Å². The van der Waals surface area contributed by atoms with Gasteiger partial charge in [0, 0.05) is 31.1 Å². The molecule has 212 valence electrons. The second-order valence-electron chi connectivity index (χ2n) is 8.85. The molecule has 1 aromatic carbocycles. The summed E-state index contributed by atoms with van der Waals surface area (Å²) in [6.07, 6.45) is -8.82. The van der Waals surface area contributed by atoms with Gasteiger partial charge in [0.1, 0.15) is 17.6 Å².